The average molecular weight is 366 g/mol. The maximum Gasteiger partial charge on any atom is 0.353 e. The van der Waals surface area contributed by atoms with Gasteiger partial charge in [-0.25, -0.2) is 14.4 Å². The minimum Gasteiger partial charge on any atom is -0.350 e. The molecule has 2 heterocycles. The van der Waals surface area contributed by atoms with E-state index in [-0.39, 0.29) is 16.5 Å². The molecule has 25 heavy (non-hydrogen) atoms. The third-order valence-electron chi connectivity index (χ3n) is 4.12. The third kappa shape index (κ3) is 3.79. The van der Waals surface area contributed by atoms with Gasteiger partial charge in [-0.15, -0.1) is 0 Å². The number of aromatic nitrogens is 2. The van der Waals surface area contributed by atoms with Crippen LogP contribution in [0.25, 0.3) is 0 Å². The topological polar surface area (TPSA) is 84.2 Å². The highest BCUT2D eigenvalue weighted by molar-refractivity contribution is 6.31. The number of piperidine rings is 1. The third-order valence-corrected chi connectivity index (χ3v) is 4.41. The molecule has 1 aliphatic heterocycles. The van der Waals surface area contributed by atoms with Gasteiger partial charge in [0.15, 0.2) is 0 Å². The predicted molar refractivity (Wildman–Crippen MR) is 94.0 cm³/mol. The Labute approximate surface area is 149 Å². The van der Waals surface area contributed by atoms with Gasteiger partial charge < -0.3 is 10.2 Å². The van der Waals surface area contributed by atoms with Gasteiger partial charge in [0.2, 0.25) is 11.6 Å². The second-order valence-corrected chi connectivity index (χ2v) is 6.51. The van der Waals surface area contributed by atoms with Crippen molar-refractivity contribution in [1.29, 1.82) is 0 Å². The van der Waals surface area contributed by atoms with Crippen LogP contribution in [0.2, 0.25) is 5.02 Å². The second-order valence-electron chi connectivity index (χ2n) is 6.10. The monoisotopic (exact) mass is 365 g/mol. The van der Waals surface area contributed by atoms with Crippen molar-refractivity contribution in [3.05, 3.63) is 45.5 Å². The van der Waals surface area contributed by atoms with Crippen molar-refractivity contribution in [1.82, 2.24) is 9.97 Å². The maximum absolute atomic E-state index is 13.3. The Bertz CT molecular complexity index is 804. The molecule has 1 aromatic heterocycles. The van der Waals surface area contributed by atoms with E-state index in [0.29, 0.717) is 30.5 Å². The summed E-state index contributed by atoms with van der Waals surface area (Å²) in [6.45, 7) is 3.53. The lowest BCUT2D eigenvalue weighted by atomic mass is 10.0. The van der Waals surface area contributed by atoms with E-state index in [1.807, 2.05) is 4.90 Å². The SMILES string of the molecule is CC1CCCN(c2ncnc(Nc3ccc(F)c(Cl)c3)c2[N+](=O)[O-])C1. The Hall–Kier alpha value is -2.48. The fourth-order valence-corrected chi connectivity index (χ4v) is 3.13. The van der Waals surface area contributed by atoms with Gasteiger partial charge in [-0.3, -0.25) is 10.1 Å². The molecule has 0 spiro atoms. The molecule has 1 atom stereocenters. The first-order valence-corrected chi connectivity index (χ1v) is 8.30. The van der Waals surface area contributed by atoms with E-state index < -0.39 is 10.7 Å². The van der Waals surface area contributed by atoms with E-state index in [1.54, 1.807) is 0 Å². The number of nitrogens with zero attached hydrogens (tertiary/aromatic N) is 4. The number of benzene rings is 1. The van der Waals surface area contributed by atoms with Gasteiger partial charge in [-0.2, -0.15) is 0 Å². The summed E-state index contributed by atoms with van der Waals surface area (Å²) in [5, 5.41) is 14.4. The Kier molecular flexibility index (Phi) is 4.98. The number of rotatable bonds is 4. The van der Waals surface area contributed by atoms with Crippen molar-refractivity contribution in [3.63, 3.8) is 0 Å². The van der Waals surface area contributed by atoms with Crippen LogP contribution < -0.4 is 10.2 Å². The number of anilines is 3. The maximum atomic E-state index is 13.3. The summed E-state index contributed by atoms with van der Waals surface area (Å²) >= 11 is 5.76. The second kappa shape index (κ2) is 7.18. The Morgan fingerprint density at radius 1 is 1.44 bits per heavy atom. The summed E-state index contributed by atoms with van der Waals surface area (Å²) in [6.07, 6.45) is 3.34. The molecule has 7 nitrogen and oxygen atoms in total. The quantitative estimate of drug-likeness (QED) is 0.647. The molecule has 1 aliphatic rings. The van der Waals surface area contributed by atoms with E-state index >= 15 is 0 Å². The predicted octanol–water partition coefficient (Wildman–Crippen LogP) is 4.16. The molecular formula is C16H17ClFN5O2. The number of nitro groups is 1. The van der Waals surface area contributed by atoms with Gasteiger partial charge in [0.1, 0.15) is 12.1 Å². The van der Waals surface area contributed by atoms with Gasteiger partial charge in [0.25, 0.3) is 0 Å². The first-order chi connectivity index (χ1) is 12.0. The molecule has 9 heteroatoms. The molecule has 0 saturated carbocycles. The fourth-order valence-electron chi connectivity index (χ4n) is 2.95. The molecule has 1 aromatic carbocycles. The Morgan fingerprint density at radius 2 is 2.24 bits per heavy atom. The molecule has 1 fully saturated rings. The first kappa shape index (κ1) is 17.3. The van der Waals surface area contributed by atoms with Crippen LogP contribution in [0.3, 0.4) is 0 Å². The molecule has 2 aromatic rings. The zero-order chi connectivity index (χ0) is 18.0. The normalized spacial score (nSPS) is 17.4. The van der Waals surface area contributed by atoms with E-state index in [1.165, 1.54) is 24.5 Å². The van der Waals surface area contributed by atoms with Crippen molar-refractivity contribution in [2.45, 2.75) is 19.8 Å². The number of nitrogens with one attached hydrogen (secondary N) is 1. The highest BCUT2D eigenvalue weighted by Gasteiger charge is 2.29. The molecule has 0 bridgehead atoms. The number of halogens is 2. The zero-order valence-corrected chi connectivity index (χ0v) is 14.3. The summed E-state index contributed by atoms with van der Waals surface area (Å²) in [5.74, 6) is 0.223. The van der Waals surface area contributed by atoms with Crippen molar-refractivity contribution in [2.24, 2.45) is 5.92 Å². The number of hydrogen-bond donors (Lipinski definition) is 1. The van der Waals surface area contributed by atoms with Crippen molar-refractivity contribution in [3.8, 4) is 0 Å². The average Bonchev–Trinajstić information content (AvgIpc) is 2.58. The lowest BCUT2D eigenvalue weighted by Crippen LogP contribution is -2.35. The van der Waals surface area contributed by atoms with Crippen LogP contribution in [0.5, 0.6) is 0 Å². The van der Waals surface area contributed by atoms with Crippen LogP contribution in [0, 0.1) is 21.8 Å². The largest absolute Gasteiger partial charge is 0.353 e. The van der Waals surface area contributed by atoms with Gasteiger partial charge in [0, 0.05) is 18.8 Å². The summed E-state index contributed by atoms with van der Waals surface area (Å²) in [4.78, 5) is 21.2. The van der Waals surface area contributed by atoms with Crippen LogP contribution in [-0.2, 0) is 0 Å². The van der Waals surface area contributed by atoms with E-state index in [2.05, 4.69) is 22.2 Å². The molecule has 1 saturated heterocycles. The first-order valence-electron chi connectivity index (χ1n) is 7.92. The van der Waals surface area contributed by atoms with Crippen LogP contribution >= 0.6 is 11.6 Å². The van der Waals surface area contributed by atoms with Crippen molar-refractivity contribution >= 4 is 34.6 Å². The van der Waals surface area contributed by atoms with Gasteiger partial charge in [-0.05, 0) is 37.0 Å². The minimum absolute atomic E-state index is 0.0518. The molecule has 0 amide bonds. The van der Waals surface area contributed by atoms with Gasteiger partial charge >= 0.3 is 5.69 Å². The lowest BCUT2D eigenvalue weighted by Gasteiger charge is -2.31. The van der Waals surface area contributed by atoms with Gasteiger partial charge in [-0.1, -0.05) is 18.5 Å². The van der Waals surface area contributed by atoms with E-state index in [4.69, 9.17) is 11.6 Å². The Morgan fingerprint density at radius 3 is 2.92 bits per heavy atom. The fraction of sp³-hybridized carbons (Fsp3) is 0.375. The van der Waals surface area contributed by atoms with Crippen molar-refractivity contribution < 1.29 is 9.31 Å². The van der Waals surface area contributed by atoms with Crippen LogP contribution in [0.1, 0.15) is 19.8 Å². The smallest absolute Gasteiger partial charge is 0.350 e. The van der Waals surface area contributed by atoms with E-state index in [0.717, 1.165) is 12.8 Å². The van der Waals surface area contributed by atoms with Crippen LogP contribution in [0.15, 0.2) is 24.5 Å². The van der Waals surface area contributed by atoms with Gasteiger partial charge in [0.05, 0.1) is 9.95 Å². The molecule has 1 N–H and O–H groups in total. The standard InChI is InChI=1S/C16H17ClFN5O2/c1-10-3-2-6-22(8-10)16-14(23(24)25)15(19-9-20-16)21-11-4-5-13(18)12(17)7-11/h4-5,7,9-10H,2-3,6,8H2,1H3,(H,19,20,21). The van der Waals surface area contributed by atoms with Crippen LogP contribution in [-0.4, -0.2) is 28.0 Å². The van der Waals surface area contributed by atoms with E-state index in [9.17, 15) is 14.5 Å². The molecule has 0 aliphatic carbocycles. The van der Waals surface area contributed by atoms with Crippen LogP contribution in [0.4, 0.5) is 27.4 Å². The summed E-state index contributed by atoms with van der Waals surface area (Å²) in [6, 6.07) is 3.98. The molecular weight excluding hydrogens is 349 g/mol. The Balaban J connectivity index is 1.97. The lowest BCUT2D eigenvalue weighted by molar-refractivity contribution is -0.383. The molecule has 3 rings (SSSR count). The summed E-state index contributed by atoms with van der Waals surface area (Å²) in [7, 11) is 0. The van der Waals surface area contributed by atoms with Crippen molar-refractivity contribution in [2.75, 3.05) is 23.3 Å². The minimum atomic E-state index is -0.563. The number of hydrogen-bond acceptors (Lipinski definition) is 6. The highest BCUT2D eigenvalue weighted by atomic mass is 35.5. The molecule has 132 valence electrons. The highest BCUT2D eigenvalue weighted by Crippen LogP contribution is 2.35. The summed E-state index contributed by atoms with van der Waals surface area (Å²) < 4.78 is 13.3. The molecule has 0 radical (unpaired) electrons. The zero-order valence-electron chi connectivity index (χ0n) is 13.6. The summed E-state index contributed by atoms with van der Waals surface area (Å²) in [5.41, 5.74) is 0.211. The molecule has 1 unspecified atom stereocenters.